The molecule has 1 N–H and O–H groups in total. The summed E-state index contributed by atoms with van der Waals surface area (Å²) >= 11 is 14.3. The Hall–Kier alpha value is -3.08. The number of rotatable bonds is 7. The quantitative estimate of drug-likeness (QED) is 0.178. The monoisotopic (exact) mass is 650 g/mol. The number of carbonyl (C=O) groups is 3. The number of imide groups is 2. The van der Waals surface area contributed by atoms with Crippen molar-refractivity contribution in [2.24, 2.45) is 0 Å². The summed E-state index contributed by atoms with van der Waals surface area (Å²) in [6, 6.07) is 14.8. The number of anilines is 1. The van der Waals surface area contributed by atoms with Crippen molar-refractivity contribution in [1.82, 2.24) is 5.32 Å². The molecule has 7 nitrogen and oxygen atoms in total. The third kappa shape index (κ3) is 6.08. The molecule has 4 rings (SSSR count). The maximum Gasteiger partial charge on any atom is 0.335 e. The minimum absolute atomic E-state index is 0.204. The van der Waals surface area contributed by atoms with Gasteiger partial charge in [-0.1, -0.05) is 41.4 Å². The van der Waals surface area contributed by atoms with Crippen LogP contribution in [0.4, 0.5) is 10.5 Å². The molecular formula is C27H21Cl2IN2O5. The van der Waals surface area contributed by atoms with E-state index in [-0.39, 0.29) is 12.2 Å². The third-order valence-corrected chi connectivity index (χ3v) is 6.70. The molecule has 1 heterocycles. The summed E-state index contributed by atoms with van der Waals surface area (Å²) in [5.41, 5.74) is 2.16. The van der Waals surface area contributed by atoms with E-state index in [1.54, 1.807) is 37.3 Å². The number of hydrogen-bond acceptors (Lipinski definition) is 5. The van der Waals surface area contributed by atoms with Crippen LogP contribution in [0.15, 0.2) is 60.2 Å². The SMILES string of the molecule is CCOc1cc(/C=C2\C(=O)NC(=O)N(c3cc(Cl)ccc3C)C2=O)cc(I)c1OCc1cccc(Cl)c1. The van der Waals surface area contributed by atoms with Gasteiger partial charge >= 0.3 is 6.03 Å². The van der Waals surface area contributed by atoms with Gasteiger partial charge in [0.15, 0.2) is 11.5 Å². The number of benzene rings is 3. The van der Waals surface area contributed by atoms with Crippen LogP contribution in [0.1, 0.15) is 23.6 Å². The van der Waals surface area contributed by atoms with Gasteiger partial charge in [0.1, 0.15) is 12.2 Å². The molecule has 37 heavy (non-hydrogen) atoms. The molecule has 1 saturated heterocycles. The zero-order valence-electron chi connectivity index (χ0n) is 19.8. The summed E-state index contributed by atoms with van der Waals surface area (Å²) in [6.07, 6.45) is 1.42. The van der Waals surface area contributed by atoms with Crippen molar-refractivity contribution >= 4 is 75.4 Å². The Morgan fingerprint density at radius 1 is 1.00 bits per heavy atom. The molecule has 0 radical (unpaired) electrons. The maximum atomic E-state index is 13.3. The predicted molar refractivity (Wildman–Crippen MR) is 151 cm³/mol. The van der Waals surface area contributed by atoms with Gasteiger partial charge in [0.05, 0.1) is 15.9 Å². The molecule has 1 aliphatic rings. The lowest BCUT2D eigenvalue weighted by Crippen LogP contribution is -2.54. The van der Waals surface area contributed by atoms with Gasteiger partial charge in [-0.05, 0) is 95.6 Å². The maximum absolute atomic E-state index is 13.3. The topological polar surface area (TPSA) is 84.9 Å². The highest BCUT2D eigenvalue weighted by molar-refractivity contribution is 14.1. The number of aryl methyl sites for hydroxylation is 1. The number of nitrogens with one attached hydrogen (secondary N) is 1. The number of halogens is 3. The van der Waals surface area contributed by atoms with Crippen molar-refractivity contribution < 1.29 is 23.9 Å². The molecular weight excluding hydrogens is 630 g/mol. The predicted octanol–water partition coefficient (Wildman–Crippen LogP) is 6.55. The second-order valence-corrected chi connectivity index (χ2v) is 10.1. The summed E-state index contributed by atoms with van der Waals surface area (Å²) in [5, 5.41) is 3.20. The summed E-state index contributed by atoms with van der Waals surface area (Å²) < 4.78 is 12.5. The third-order valence-electron chi connectivity index (χ3n) is 5.43. The normalized spacial score (nSPS) is 14.7. The number of amides is 4. The molecule has 1 aliphatic heterocycles. The number of ether oxygens (including phenoxy) is 2. The van der Waals surface area contributed by atoms with Crippen LogP contribution < -0.4 is 19.7 Å². The molecule has 0 spiro atoms. The lowest BCUT2D eigenvalue weighted by Gasteiger charge is -2.27. The van der Waals surface area contributed by atoms with E-state index in [1.165, 1.54) is 12.1 Å². The highest BCUT2D eigenvalue weighted by atomic mass is 127. The fourth-order valence-electron chi connectivity index (χ4n) is 3.72. The fourth-order valence-corrected chi connectivity index (χ4v) is 4.88. The van der Waals surface area contributed by atoms with E-state index >= 15 is 0 Å². The molecule has 0 bridgehead atoms. The molecule has 0 unspecified atom stereocenters. The number of nitrogens with zero attached hydrogens (tertiary/aromatic N) is 1. The summed E-state index contributed by atoms with van der Waals surface area (Å²) in [6.45, 7) is 4.23. The van der Waals surface area contributed by atoms with Crippen molar-refractivity contribution in [2.45, 2.75) is 20.5 Å². The first kappa shape index (κ1) is 27.0. The Labute approximate surface area is 237 Å². The number of hydrogen-bond donors (Lipinski definition) is 1. The van der Waals surface area contributed by atoms with Gasteiger partial charge in [0.2, 0.25) is 0 Å². The lowest BCUT2D eigenvalue weighted by atomic mass is 10.1. The van der Waals surface area contributed by atoms with Gasteiger partial charge in [-0.3, -0.25) is 14.9 Å². The van der Waals surface area contributed by atoms with Gasteiger partial charge in [-0.25, -0.2) is 9.69 Å². The van der Waals surface area contributed by atoms with Crippen LogP contribution in [0.3, 0.4) is 0 Å². The molecule has 10 heteroatoms. The lowest BCUT2D eigenvalue weighted by molar-refractivity contribution is -0.122. The molecule has 4 amide bonds. The van der Waals surface area contributed by atoms with Gasteiger partial charge in [-0.2, -0.15) is 0 Å². The van der Waals surface area contributed by atoms with E-state index < -0.39 is 17.8 Å². The van der Waals surface area contributed by atoms with E-state index in [4.69, 9.17) is 32.7 Å². The van der Waals surface area contributed by atoms with Gasteiger partial charge < -0.3 is 9.47 Å². The summed E-state index contributed by atoms with van der Waals surface area (Å²) in [4.78, 5) is 39.5. The summed E-state index contributed by atoms with van der Waals surface area (Å²) in [7, 11) is 0. The van der Waals surface area contributed by atoms with Gasteiger partial charge in [-0.15, -0.1) is 0 Å². The van der Waals surface area contributed by atoms with Crippen LogP contribution in [-0.4, -0.2) is 24.5 Å². The number of urea groups is 1. The van der Waals surface area contributed by atoms with Crippen molar-refractivity contribution in [1.29, 1.82) is 0 Å². The molecule has 0 aromatic heterocycles. The molecule has 0 aliphatic carbocycles. The molecule has 0 saturated carbocycles. The second-order valence-electron chi connectivity index (χ2n) is 8.07. The minimum Gasteiger partial charge on any atom is -0.490 e. The van der Waals surface area contributed by atoms with Crippen LogP contribution in [0.25, 0.3) is 6.08 Å². The van der Waals surface area contributed by atoms with Crippen LogP contribution in [0.5, 0.6) is 11.5 Å². The first-order valence-corrected chi connectivity index (χ1v) is 13.0. The Morgan fingerprint density at radius 2 is 1.76 bits per heavy atom. The number of barbiturate groups is 1. The van der Waals surface area contributed by atoms with E-state index in [1.807, 2.05) is 25.1 Å². The van der Waals surface area contributed by atoms with Gasteiger partial charge in [0.25, 0.3) is 11.8 Å². The Bertz CT molecular complexity index is 1440. The molecule has 3 aromatic rings. The van der Waals surface area contributed by atoms with Crippen LogP contribution in [-0.2, 0) is 16.2 Å². The van der Waals surface area contributed by atoms with Crippen LogP contribution in [0.2, 0.25) is 10.0 Å². The Kier molecular flexibility index (Phi) is 8.41. The van der Waals surface area contributed by atoms with E-state index in [0.29, 0.717) is 48.5 Å². The van der Waals surface area contributed by atoms with Crippen molar-refractivity contribution in [2.75, 3.05) is 11.5 Å². The Morgan fingerprint density at radius 3 is 2.49 bits per heavy atom. The second kappa shape index (κ2) is 11.5. The van der Waals surface area contributed by atoms with E-state index in [0.717, 1.165) is 10.5 Å². The van der Waals surface area contributed by atoms with Gasteiger partial charge in [0, 0.05) is 10.0 Å². The molecule has 3 aromatic carbocycles. The average Bonchev–Trinajstić information content (AvgIpc) is 2.83. The first-order chi connectivity index (χ1) is 17.7. The average molecular weight is 651 g/mol. The van der Waals surface area contributed by atoms with Crippen LogP contribution >= 0.6 is 45.8 Å². The fraction of sp³-hybridized carbons (Fsp3) is 0.148. The first-order valence-electron chi connectivity index (χ1n) is 11.2. The highest BCUT2D eigenvalue weighted by Gasteiger charge is 2.37. The van der Waals surface area contributed by atoms with E-state index in [9.17, 15) is 14.4 Å². The van der Waals surface area contributed by atoms with Crippen molar-refractivity contribution in [3.63, 3.8) is 0 Å². The molecule has 190 valence electrons. The zero-order valence-corrected chi connectivity index (χ0v) is 23.5. The Balaban J connectivity index is 1.68. The van der Waals surface area contributed by atoms with Crippen LogP contribution in [0, 0.1) is 10.5 Å². The molecule has 1 fully saturated rings. The largest absolute Gasteiger partial charge is 0.490 e. The van der Waals surface area contributed by atoms with Crippen molar-refractivity contribution in [3.8, 4) is 11.5 Å². The zero-order chi connectivity index (χ0) is 26.7. The number of carbonyl (C=O) groups excluding carboxylic acids is 3. The standard InChI is InChI=1S/C27H21Cl2IN2O5/c1-3-36-23-12-17(11-21(30)24(23)37-14-16-5-4-6-18(28)9-16)10-20-25(33)31-27(35)32(26(20)34)22-13-19(29)8-7-15(22)2/h4-13H,3,14H2,1-2H3,(H,31,33,35)/b20-10+. The van der Waals surface area contributed by atoms with E-state index in [2.05, 4.69) is 27.9 Å². The smallest absolute Gasteiger partial charge is 0.335 e. The summed E-state index contributed by atoms with van der Waals surface area (Å²) in [5.74, 6) is -0.575. The highest BCUT2D eigenvalue weighted by Crippen LogP contribution is 2.36. The van der Waals surface area contributed by atoms with Crippen molar-refractivity contribution in [3.05, 3.63) is 90.5 Å². The molecule has 0 atom stereocenters. The minimum atomic E-state index is -0.841.